The van der Waals surface area contributed by atoms with Gasteiger partial charge in [0, 0.05) is 13.2 Å². The van der Waals surface area contributed by atoms with Crippen LogP contribution in [0.5, 0.6) is 0 Å². The standard InChI is InChI=1S/C12H9IS/c13-8-5-6-10-9-3-1-2-4-11(9)14-12(10)7-8/h1-4,6-8H,5H2. The van der Waals surface area contributed by atoms with Crippen LogP contribution in [0.2, 0.25) is 0 Å². The van der Waals surface area contributed by atoms with Crippen molar-refractivity contribution in [2.75, 3.05) is 0 Å². The summed E-state index contributed by atoms with van der Waals surface area (Å²) >= 11 is 4.41. The smallest absolute Gasteiger partial charge is 0.0355 e. The zero-order valence-corrected chi connectivity index (χ0v) is 10.5. The van der Waals surface area contributed by atoms with Gasteiger partial charge in [-0.15, -0.1) is 11.3 Å². The number of fused-ring (bicyclic) bond motifs is 3. The fourth-order valence-corrected chi connectivity index (χ4v) is 3.95. The molecule has 1 atom stereocenters. The summed E-state index contributed by atoms with van der Waals surface area (Å²) in [5, 5.41) is 2.88. The highest BCUT2D eigenvalue weighted by Gasteiger charge is 2.07. The number of alkyl halides is 1. The third-order valence-corrected chi connectivity index (χ3v) is 4.56. The molecule has 0 amide bonds. The van der Waals surface area contributed by atoms with Crippen LogP contribution in [0.4, 0.5) is 0 Å². The van der Waals surface area contributed by atoms with Gasteiger partial charge in [-0.25, -0.2) is 0 Å². The van der Waals surface area contributed by atoms with E-state index in [-0.39, 0.29) is 0 Å². The number of hydrogen-bond donors (Lipinski definition) is 0. The van der Waals surface area contributed by atoms with Gasteiger partial charge in [0.25, 0.3) is 0 Å². The van der Waals surface area contributed by atoms with E-state index < -0.39 is 0 Å². The van der Waals surface area contributed by atoms with Crippen molar-refractivity contribution in [1.82, 2.24) is 0 Å². The Hall–Kier alpha value is -0.350. The number of hydrogen-bond acceptors (Lipinski definition) is 1. The van der Waals surface area contributed by atoms with Gasteiger partial charge in [0.05, 0.1) is 0 Å². The highest BCUT2D eigenvalue weighted by molar-refractivity contribution is 14.1. The van der Waals surface area contributed by atoms with Crippen LogP contribution in [0.15, 0.2) is 24.3 Å². The second-order valence-corrected chi connectivity index (χ2v) is 6.18. The Morgan fingerprint density at radius 1 is 1.29 bits per heavy atom. The molecule has 70 valence electrons. The molecule has 1 aliphatic rings. The Bertz CT molecular complexity index is 594. The van der Waals surface area contributed by atoms with E-state index in [9.17, 15) is 0 Å². The monoisotopic (exact) mass is 312 g/mol. The Morgan fingerprint density at radius 2 is 2.14 bits per heavy atom. The predicted octanol–water partition coefficient (Wildman–Crippen LogP) is 2.67. The van der Waals surface area contributed by atoms with Crippen LogP contribution in [0.3, 0.4) is 0 Å². The lowest BCUT2D eigenvalue weighted by Gasteiger charge is -2.02. The topological polar surface area (TPSA) is 0 Å². The van der Waals surface area contributed by atoms with Gasteiger partial charge in [0.15, 0.2) is 0 Å². The van der Waals surface area contributed by atoms with E-state index in [1.54, 1.807) is 0 Å². The zero-order chi connectivity index (χ0) is 9.54. The van der Waals surface area contributed by atoms with E-state index in [2.05, 4.69) is 59.0 Å². The molecule has 1 aliphatic carbocycles. The molecule has 0 aliphatic heterocycles. The molecule has 14 heavy (non-hydrogen) atoms. The quantitative estimate of drug-likeness (QED) is 0.518. The molecule has 1 aromatic heterocycles. The number of halogens is 1. The van der Waals surface area contributed by atoms with E-state index >= 15 is 0 Å². The van der Waals surface area contributed by atoms with Crippen LogP contribution in [-0.4, -0.2) is 3.92 Å². The molecule has 0 spiro atoms. The highest BCUT2D eigenvalue weighted by Crippen LogP contribution is 2.17. The molecule has 1 heterocycles. The van der Waals surface area contributed by atoms with E-state index in [1.807, 2.05) is 11.3 Å². The average Bonchev–Trinajstić information content (AvgIpc) is 2.54. The Kier molecular flexibility index (Phi) is 2.13. The largest absolute Gasteiger partial charge is 0.136 e. The number of benzene rings is 1. The molecule has 2 heteroatoms. The first kappa shape index (κ1) is 8.92. The minimum atomic E-state index is 0.674. The second-order valence-electron chi connectivity index (χ2n) is 3.50. The molecule has 0 saturated carbocycles. The Labute approximate surface area is 100 Å². The molecule has 0 radical (unpaired) electrons. The first-order valence-electron chi connectivity index (χ1n) is 4.68. The summed E-state index contributed by atoms with van der Waals surface area (Å²) in [5.74, 6) is 0. The highest BCUT2D eigenvalue weighted by atomic mass is 127. The maximum absolute atomic E-state index is 2.50. The normalized spacial score (nSPS) is 19.9. The van der Waals surface area contributed by atoms with Crippen LogP contribution in [0.1, 0.15) is 6.42 Å². The zero-order valence-electron chi connectivity index (χ0n) is 7.53. The summed E-state index contributed by atoms with van der Waals surface area (Å²) < 4.78 is 3.54. The molecule has 0 fully saturated rings. The number of thiophene rings is 1. The van der Waals surface area contributed by atoms with Gasteiger partial charge in [-0.1, -0.05) is 52.9 Å². The molecule has 0 nitrogen and oxygen atoms in total. The van der Waals surface area contributed by atoms with Crippen molar-refractivity contribution >= 4 is 56.2 Å². The van der Waals surface area contributed by atoms with Crippen molar-refractivity contribution in [2.45, 2.75) is 10.3 Å². The molecule has 3 rings (SSSR count). The molecule has 2 aromatic rings. The van der Waals surface area contributed by atoms with Crippen LogP contribution in [0, 0.1) is 0 Å². The Morgan fingerprint density at radius 3 is 3.07 bits per heavy atom. The summed E-state index contributed by atoms with van der Waals surface area (Å²) in [6.07, 6.45) is 5.94. The lowest BCUT2D eigenvalue weighted by Crippen LogP contribution is -2.24. The van der Waals surface area contributed by atoms with Gasteiger partial charge in [-0.3, -0.25) is 0 Å². The maximum Gasteiger partial charge on any atom is 0.0355 e. The third-order valence-electron chi connectivity index (χ3n) is 2.54. The SMILES string of the molecule is IC1C=c2sc3ccccc3c2=CC1. The van der Waals surface area contributed by atoms with E-state index in [1.165, 1.54) is 26.3 Å². The van der Waals surface area contributed by atoms with Gasteiger partial charge in [0.1, 0.15) is 0 Å². The van der Waals surface area contributed by atoms with Crippen molar-refractivity contribution < 1.29 is 0 Å². The van der Waals surface area contributed by atoms with Gasteiger partial charge in [0.2, 0.25) is 0 Å². The molecule has 1 unspecified atom stereocenters. The predicted molar refractivity (Wildman–Crippen MR) is 72.4 cm³/mol. The van der Waals surface area contributed by atoms with E-state index in [0.717, 1.165) is 0 Å². The van der Waals surface area contributed by atoms with Crippen LogP contribution in [-0.2, 0) is 0 Å². The van der Waals surface area contributed by atoms with Gasteiger partial charge in [-0.05, 0) is 23.1 Å². The van der Waals surface area contributed by atoms with Crippen molar-refractivity contribution in [3.63, 3.8) is 0 Å². The molecule has 0 bridgehead atoms. The summed E-state index contributed by atoms with van der Waals surface area (Å²) in [6, 6.07) is 8.68. The van der Waals surface area contributed by atoms with Crippen LogP contribution >= 0.6 is 33.9 Å². The summed E-state index contributed by atoms with van der Waals surface area (Å²) in [6.45, 7) is 0. The van der Waals surface area contributed by atoms with Crippen molar-refractivity contribution in [3.8, 4) is 0 Å². The fourth-order valence-electron chi connectivity index (χ4n) is 1.88. The maximum atomic E-state index is 2.50. The Balaban J connectivity index is 2.52. The second kappa shape index (κ2) is 3.35. The lowest BCUT2D eigenvalue weighted by atomic mass is 10.1. The molecule has 1 aromatic carbocycles. The molecular weight excluding hydrogens is 303 g/mol. The molecule has 0 N–H and O–H groups in total. The fraction of sp³-hybridized carbons (Fsp3) is 0.167. The van der Waals surface area contributed by atoms with Crippen molar-refractivity contribution in [1.29, 1.82) is 0 Å². The van der Waals surface area contributed by atoms with Crippen LogP contribution in [0.25, 0.3) is 22.2 Å². The molecule has 0 saturated heterocycles. The minimum Gasteiger partial charge on any atom is -0.136 e. The summed E-state index contributed by atoms with van der Waals surface area (Å²) in [7, 11) is 0. The average molecular weight is 312 g/mol. The van der Waals surface area contributed by atoms with E-state index in [4.69, 9.17) is 0 Å². The van der Waals surface area contributed by atoms with Crippen molar-refractivity contribution in [2.24, 2.45) is 0 Å². The number of rotatable bonds is 0. The van der Waals surface area contributed by atoms with Crippen LogP contribution < -0.4 is 9.75 Å². The van der Waals surface area contributed by atoms with Gasteiger partial charge >= 0.3 is 0 Å². The first-order chi connectivity index (χ1) is 6.84. The van der Waals surface area contributed by atoms with Gasteiger partial charge < -0.3 is 0 Å². The summed E-state index contributed by atoms with van der Waals surface area (Å²) in [4.78, 5) is 0. The van der Waals surface area contributed by atoms with Gasteiger partial charge in [-0.2, -0.15) is 0 Å². The third kappa shape index (κ3) is 1.32. The van der Waals surface area contributed by atoms with Crippen molar-refractivity contribution in [3.05, 3.63) is 34.0 Å². The summed E-state index contributed by atoms with van der Waals surface area (Å²) in [5.41, 5.74) is 0. The van der Waals surface area contributed by atoms with E-state index in [0.29, 0.717) is 3.92 Å². The first-order valence-corrected chi connectivity index (χ1v) is 6.74. The lowest BCUT2D eigenvalue weighted by molar-refractivity contribution is 1.19. The minimum absolute atomic E-state index is 0.674. The molecular formula is C12H9IS.